The number of carboxylic acid groups (broad SMARTS) is 1. The number of carboxylic acids is 1. The van der Waals surface area contributed by atoms with E-state index < -0.39 is 5.97 Å². The van der Waals surface area contributed by atoms with Gasteiger partial charge in [-0.3, -0.25) is 9.97 Å². The second-order valence-corrected chi connectivity index (χ2v) is 6.17. The molecule has 0 radical (unpaired) electrons. The zero-order valence-electron chi connectivity index (χ0n) is 12.8. The standard InChI is InChI=1S/C19H16N2O2/c1-12-2-3-14(11-21-12)19(7-8-19)13-4-5-17-16(10-13)15(18(22)23)6-9-20-17/h2-6,9-11H,7-8H2,1H3,(H,22,23). The average Bonchev–Trinajstić information content (AvgIpc) is 3.36. The van der Waals surface area contributed by atoms with Crippen LogP contribution in [0, 0.1) is 6.92 Å². The summed E-state index contributed by atoms with van der Waals surface area (Å²) < 4.78 is 0. The fourth-order valence-corrected chi connectivity index (χ4v) is 3.25. The van der Waals surface area contributed by atoms with Crippen LogP contribution in [0.2, 0.25) is 0 Å². The smallest absolute Gasteiger partial charge is 0.336 e. The van der Waals surface area contributed by atoms with E-state index >= 15 is 0 Å². The van der Waals surface area contributed by atoms with Gasteiger partial charge in [0.15, 0.2) is 0 Å². The van der Waals surface area contributed by atoms with E-state index in [4.69, 9.17) is 0 Å². The van der Waals surface area contributed by atoms with Gasteiger partial charge in [0.05, 0.1) is 11.1 Å². The van der Waals surface area contributed by atoms with Crippen LogP contribution in [0.3, 0.4) is 0 Å². The van der Waals surface area contributed by atoms with Crippen molar-refractivity contribution >= 4 is 16.9 Å². The summed E-state index contributed by atoms with van der Waals surface area (Å²) in [6.45, 7) is 1.98. The molecule has 0 spiro atoms. The minimum Gasteiger partial charge on any atom is -0.478 e. The quantitative estimate of drug-likeness (QED) is 0.801. The van der Waals surface area contributed by atoms with Crippen molar-refractivity contribution in [3.05, 3.63) is 71.2 Å². The number of fused-ring (bicyclic) bond motifs is 1. The van der Waals surface area contributed by atoms with Crippen LogP contribution in [0.15, 0.2) is 48.8 Å². The molecule has 114 valence electrons. The molecule has 0 aliphatic heterocycles. The SMILES string of the molecule is Cc1ccc(C2(c3ccc4nccc(C(=O)O)c4c3)CC2)cn1. The minimum atomic E-state index is -0.920. The van der Waals surface area contributed by atoms with Crippen LogP contribution >= 0.6 is 0 Å². The lowest BCUT2D eigenvalue weighted by Crippen LogP contribution is -2.10. The maximum Gasteiger partial charge on any atom is 0.336 e. The third kappa shape index (κ3) is 2.18. The van der Waals surface area contributed by atoms with Crippen molar-refractivity contribution in [3.63, 3.8) is 0 Å². The molecule has 2 aromatic heterocycles. The van der Waals surface area contributed by atoms with Crippen LogP contribution in [0.25, 0.3) is 10.9 Å². The molecule has 4 rings (SSSR count). The highest BCUT2D eigenvalue weighted by Gasteiger charge is 2.46. The second kappa shape index (κ2) is 4.88. The number of aromatic nitrogens is 2. The summed E-state index contributed by atoms with van der Waals surface area (Å²) in [5.41, 5.74) is 4.33. The van der Waals surface area contributed by atoms with E-state index in [1.807, 2.05) is 31.3 Å². The third-order valence-corrected chi connectivity index (χ3v) is 4.74. The van der Waals surface area contributed by atoms with E-state index in [1.54, 1.807) is 12.3 Å². The van der Waals surface area contributed by atoms with Crippen molar-refractivity contribution in [2.24, 2.45) is 0 Å². The van der Waals surface area contributed by atoms with Gasteiger partial charge < -0.3 is 5.11 Å². The van der Waals surface area contributed by atoms with Gasteiger partial charge in [-0.05, 0) is 55.2 Å². The lowest BCUT2D eigenvalue weighted by atomic mass is 9.87. The summed E-state index contributed by atoms with van der Waals surface area (Å²) in [5, 5.41) is 10.1. The van der Waals surface area contributed by atoms with Gasteiger partial charge in [0.1, 0.15) is 0 Å². The molecule has 0 saturated heterocycles. The predicted molar refractivity (Wildman–Crippen MR) is 87.7 cm³/mol. The molecule has 0 amide bonds. The highest BCUT2D eigenvalue weighted by molar-refractivity contribution is 6.02. The molecule has 23 heavy (non-hydrogen) atoms. The van der Waals surface area contributed by atoms with Gasteiger partial charge in [-0.2, -0.15) is 0 Å². The zero-order valence-corrected chi connectivity index (χ0v) is 12.8. The Morgan fingerprint density at radius 1 is 1.09 bits per heavy atom. The van der Waals surface area contributed by atoms with Gasteiger partial charge in [0.25, 0.3) is 0 Å². The zero-order chi connectivity index (χ0) is 16.0. The fraction of sp³-hybridized carbons (Fsp3) is 0.211. The monoisotopic (exact) mass is 304 g/mol. The molecule has 0 atom stereocenters. The van der Waals surface area contributed by atoms with Gasteiger partial charge >= 0.3 is 5.97 Å². The second-order valence-electron chi connectivity index (χ2n) is 6.17. The highest BCUT2D eigenvalue weighted by Crippen LogP contribution is 2.53. The lowest BCUT2D eigenvalue weighted by molar-refractivity contribution is 0.0699. The topological polar surface area (TPSA) is 63.1 Å². The van der Waals surface area contributed by atoms with E-state index in [-0.39, 0.29) is 5.41 Å². The van der Waals surface area contributed by atoms with Crippen molar-refractivity contribution in [2.75, 3.05) is 0 Å². The summed E-state index contributed by atoms with van der Waals surface area (Å²) in [5.74, 6) is -0.920. The molecular weight excluding hydrogens is 288 g/mol. The third-order valence-electron chi connectivity index (χ3n) is 4.74. The highest BCUT2D eigenvalue weighted by atomic mass is 16.4. The first-order valence-electron chi connectivity index (χ1n) is 7.66. The van der Waals surface area contributed by atoms with Gasteiger partial charge in [-0.1, -0.05) is 12.1 Å². The van der Waals surface area contributed by atoms with Crippen molar-refractivity contribution in [1.82, 2.24) is 9.97 Å². The van der Waals surface area contributed by atoms with Crippen molar-refractivity contribution in [2.45, 2.75) is 25.2 Å². The summed E-state index contributed by atoms with van der Waals surface area (Å²) in [6, 6.07) is 11.7. The van der Waals surface area contributed by atoms with Crippen LogP contribution in [-0.4, -0.2) is 21.0 Å². The number of hydrogen-bond donors (Lipinski definition) is 1. The van der Waals surface area contributed by atoms with Crippen molar-refractivity contribution in [3.8, 4) is 0 Å². The van der Waals surface area contributed by atoms with Crippen LogP contribution in [0.4, 0.5) is 0 Å². The predicted octanol–water partition coefficient (Wildman–Crippen LogP) is 3.72. The number of hydrogen-bond acceptors (Lipinski definition) is 3. The summed E-state index contributed by atoms with van der Waals surface area (Å²) >= 11 is 0. The average molecular weight is 304 g/mol. The molecule has 2 heterocycles. The molecule has 1 aromatic carbocycles. The van der Waals surface area contributed by atoms with Crippen LogP contribution in [-0.2, 0) is 5.41 Å². The Morgan fingerprint density at radius 2 is 1.87 bits per heavy atom. The molecule has 0 unspecified atom stereocenters. The molecule has 1 saturated carbocycles. The Kier molecular flexibility index (Phi) is 2.94. The van der Waals surface area contributed by atoms with Gasteiger partial charge in [-0.25, -0.2) is 4.79 Å². The fourth-order valence-electron chi connectivity index (χ4n) is 3.25. The lowest BCUT2D eigenvalue weighted by Gasteiger charge is -2.17. The number of aryl methyl sites for hydroxylation is 1. The number of carbonyl (C=O) groups is 1. The molecule has 1 aliphatic rings. The normalized spacial score (nSPS) is 15.5. The number of pyridine rings is 2. The van der Waals surface area contributed by atoms with Crippen molar-refractivity contribution < 1.29 is 9.90 Å². The summed E-state index contributed by atoms with van der Waals surface area (Å²) in [4.78, 5) is 20.2. The van der Waals surface area contributed by atoms with E-state index in [0.717, 1.165) is 24.1 Å². The first-order chi connectivity index (χ1) is 11.1. The van der Waals surface area contributed by atoms with Crippen LogP contribution < -0.4 is 0 Å². The molecule has 0 bridgehead atoms. The number of aromatic carboxylic acids is 1. The van der Waals surface area contributed by atoms with Crippen LogP contribution in [0.1, 0.15) is 40.0 Å². The Labute approximate surface area is 133 Å². The maximum atomic E-state index is 11.5. The Morgan fingerprint density at radius 3 is 2.52 bits per heavy atom. The molecule has 1 N–H and O–H groups in total. The van der Waals surface area contributed by atoms with Crippen molar-refractivity contribution in [1.29, 1.82) is 0 Å². The van der Waals surface area contributed by atoms with E-state index in [1.165, 1.54) is 5.56 Å². The molecular formula is C19H16N2O2. The molecule has 4 nitrogen and oxygen atoms in total. The number of rotatable bonds is 3. The van der Waals surface area contributed by atoms with E-state index in [0.29, 0.717) is 16.5 Å². The largest absolute Gasteiger partial charge is 0.478 e. The minimum absolute atomic E-state index is 0.0273. The number of nitrogens with zero attached hydrogens (tertiary/aromatic N) is 2. The number of benzene rings is 1. The summed E-state index contributed by atoms with van der Waals surface area (Å²) in [6.07, 6.45) is 5.61. The first-order valence-corrected chi connectivity index (χ1v) is 7.66. The molecule has 4 heteroatoms. The molecule has 1 aliphatic carbocycles. The van der Waals surface area contributed by atoms with Gasteiger partial charge in [-0.15, -0.1) is 0 Å². The van der Waals surface area contributed by atoms with E-state index in [2.05, 4.69) is 22.1 Å². The van der Waals surface area contributed by atoms with Gasteiger partial charge in [0, 0.05) is 28.9 Å². The van der Waals surface area contributed by atoms with Gasteiger partial charge in [0.2, 0.25) is 0 Å². The Bertz CT molecular complexity index is 912. The Balaban J connectivity index is 1.87. The molecule has 3 aromatic rings. The summed E-state index contributed by atoms with van der Waals surface area (Å²) in [7, 11) is 0. The van der Waals surface area contributed by atoms with E-state index in [9.17, 15) is 9.90 Å². The maximum absolute atomic E-state index is 11.5. The molecule has 1 fully saturated rings. The Hall–Kier alpha value is -2.75. The van der Waals surface area contributed by atoms with Crippen LogP contribution in [0.5, 0.6) is 0 Å². The first kappa shape index (κ1) is 13.9.